The zero-order valence-corrected chi connectivity index (χ0v) is 13.6. The van der Waals surface area contributed by atoms with Crippen molar-refractivity contribution in [2.45, 2.75) is 64.2 Å². The van der Waals surface area contributed by atoms with E-state index in [1.165, 1.54) is 12.0 Å². The van der Waals surface area contributed by atoms with E-state index in [2.05, 4.69) is 22.4 Å². The van der Waals surface area contributed by atoms with Crippen molar-refractivity contribution in [2.24, 2.45) is 0 Å². The van der Waals surface area contributed by atoms with Gasteiger partial charge in [0.2, 0.25) is 0 Å². The van der Waals surface area contributed by atoms with Crippen LogP contribution in [0.1, 0.15) is 62.6 Å². The fraction of sp³-hybridized carbons (Fsp3) is 0.611. The smallest absolute Gasteiger partial charge is 0.303 e. The number of aliphatic carboxylic acids is 1. The van der Waals surface area contributed by atoms with Gasteiger partial charge in [-0.15, -0.1) is 0 Å². The molecule has 0 saturated heterocycles. The summed E-state index contributed by atoms with van der Waals surface area (Å²) in [4.78, 5) is 26.8. The van der Waals surface area contributed by atoms with Crippen molar-refractivity contribution in [3.63, 3.8) is 0 Å². The number of ketones is 1. The van der Waals surface area contributed by atoms with Gasteiger partial charge < -0.3 is 10.4 Å². The first kappa shape index (κ1) is 17.4. The lowest BCUT2D eigenvalue weighted by Crippen LogP contribution is -2.14. The highest BCUT2D eigenvalue weighted by molar-refractivity contribution is 5.78. The van der Waals surface area contributed by atoms with E-state index < -0.39 is 5.97 Å². The van der Waals surface area contributed by atoms with Gasteiger partial charge in [0.25, 0.3) is 0 Å². The number of nitrogens with zero attached hydrogens (tertiary/aromatic N) is 1. The Morgan fingerprint density at radius 1 is 1.09 bits per heavy atom. The van der Waals surface area contributed by atoms with Crippen LogP contribution in [0, 0.1) is 0 Å². The Labute approximate surface area is 137 Å². The summed E-state index contributed by atoms with van der Waals surface area (Å²) < 4.78 is 0. The first-order valence-corrected chi connectivity index (χ1v) is 8.61. The highest BCUT2D eigenvalue weighted by atomic mass is 16.4. The number of carboxylic acids is 1. The van der Waals surface area contributed by atoms with Crippen LogP contribution in [0.4, 0.5) is 5.82 Å². The SMILES string of the molecule is O=C(O)CCCCC(=O)CCCCc1ccc2c(n1)NCCC2. The zero-order chi connectivity index (χ0) is 16.5. The number of nitrogens with one attached hydrogen (secondary N) is 1. The minimum Gasteiger partial charge on any atom is -0.481 e. The predicted octanol–water partition coefficient (Wildman–Crippen LogP) is 3.37. The topological polar surface area (TPSA) is 79.3 Å². The number of Topliss-reactive ketones (excluding diaryl/α,β-unsaturated/α-hetero) is 1. The van der Waals surface area contributed by atoms with Crippen LogP contribution in [0.3, 0.4) is 0 Å². The number of carbonyl (C=O) groups is 2. The average Bonchev–Trinajstić information content (AvgIpc) is 2.55. The molecule has 0 fully saturated rings. The molecule has 0 saturated carbocycles. The van der Waals surface area contributed by atoms with Crippen LogP contribution in [-0.2, 0) is 22.4 Å². The van der Waals surface area contributed by atoms with Gasteiger partial charge in [-0.3, -0.25) is 9.59 Å². The Morgan fingerprint density at radius 3 is 2.61 bits per heavy atom. The third-order valence-electron chi connectivity index (χ3n) is 4.19. The normalized spacial score (nSPS) is 13.2. The minimum atomic E-state index is -0.788. The second-order valence-corrected chi connectivity index (χ2v) is 6.19. The molecule has 0 bridgehead atoms. The van der Waals surface area contributed by atoms with Crippen molar-refractivity contribution in [1.29, 1.82) is 0 Å². The number of pyridine rings is 1. The lowest BCUT2D eigenvalue weighted by Gasteiger charge is -2.17. The van der Waals surface area contributed by atoms with Crippen molar-refractivity contribution in [3.8, 4) is 0 Å². The molecule has 23 heavy (non-hydrogen) atoms. The summed E-state index contributed by atoms with van der Waals surface area (Å²) in [6.07, 6.45) is 7.55. The molecule has 0 radical (unpaired) electrons. The van der Waals surface area contributed by atoms with Gasteiger partial charge in [-0.05, 0) is 56.6 Å². The maximum absolute atomic E-state index is 11.7. The molecule has 0 atom stereocenters. The number of rotatable bonds is 10. The van der Waals surface area contributed by atoms with E-state index in [0.29, 0.717) is 25.7 Å². The highest BCUT2D eigenvalue weighted by Crippen LogP contribution is 2.20. The Balaban J connectivity index is 1.60. The van der Waals surface area contributed by atoms with Gasteiger partial charge in [-0.25, -0.2) is 4.98 Å². The lowest BCUT2D eigenvalue weighted by molar-refractivity contribution is -0.137. The molecule has 1 aromatic heterocycles. The molecule has 0 unspecified atom stereocenters. The number of anilines is 1. The van der Waals surface area contributed by atoms with Crippen LogP contribution >= 0.6 is 0 Å². The summed E-state index contributed by atoms with van der Waals surface area (Å²) in [5.41, 5.74) is 2.39. The monoisotopic (exact) mass is 318 g/mol. The zero-order valence-electron chi connectivity index (χ0n) is 13.6. The van der Waals surface area contributed by atoms with E-state index in [4.69, 9.17) is 5.11 Å². The van der Waals surface area contributed by atoms with Crippen LogP contribution in [0.15, 0.2) is 12.1 Å². The summed E-state index contributed by atoms with van der Waals surface area (Å²) in [7, 11) is 0. The molecule has 0 spiro atoms. The molecule has 0 aliphatic carbocycles. The molecular weight excluding hydrogens is 292 g/mol. The molecule has 2 rings (SSSR count). The first-order chi connectivity index (χ1) is 11.1. The van der Waals surface area contributed by atoms with Crippen molar-refractivity contribution in [2.75, 3.05) is 11.9 Å². The summed E-state index contributed by atoms with van der Waals surface area (Å²) in [5.74, 6) is 0.489. The van der Waals surface area contributed by atoms with Gasteiger partial charge in [-0.1, -0.05) is 6.07 Å². The Kier molecular flexibility index (Phi) is 7.04. The molecule has 5 nitrogen and oxygen atoms in total. The summed E-state index contributed by atoms with van der Waals surface area (Å²) in [6.45, 7) is 1.000. The number of hydrogen-bond donors (Lipinski definition) is 2. The standard InChI is InChI=1S/C18H26N2O3/c21-16(9-3-4-10-17(22)23)8-2-1-7-15-12-11-14-6-5-13-19-18(14)20-15/h11-12H,1-10,13H2,(H,19,20)(H,22,23). The fourth-order valence-electron chi connectivity index (χ4n) is 2.86. The molecule has 2 N–H and O–H groups in total. The first-order valence-electron chi connectivity index (χ1n) is 8.61. The van der Waals surface area contributed by atoms with Crippen LogP contribution in [0.5, 0.6) is 0 Å². The molecular formula is C18H26N2O3. The van der Waals surface area contributed by atoms with Crippen molar-refractivity contribution in [3.05, 3.63) is 23.4 Å². The van der Waals surface area contributed by atoms with Crippen LogP contribution in [0.2, 0.25) is 0 Å². The van der Waals surface area contributed by atoms with Gasteiger partial charge in [0.05, 0.1) is 0 Å². The molecule has 1 aliphatic rings. The van der Waals surface area contributed by atoms with Crippen LogP contribution in [-0.4, -0.2) is 28.4 Å². The number of fused-ring (bicyclic) bond motifs is 1. The second kappa shape index (κ2) is 9.28. The van der Waals surface area contributed by atoms with E-state index in [0.717, 1.165) is 43.7 Å². The van der Waals surface area contributed by atoms with Gasteiger partial charge >= 0.3 is 5.97 Å². The Morgan fingerprint density at radius 2 is 1.83 bits per heavy atom. The molecule has 1 aliphatic heterocycles. The summed E-state index contributed by atoms with van der Waals surface area (Å²) >= 11 is 0. The third kappa shape index (κ3) is 6.38. The van der Waals surface area contributed by atoms with Gasteiger partial charge in [0.15, 0.2) is 0 Å². The molecule has 2 heterocycles. The van der Waals surface area contributed by atoms with Crippen LogP contribution in [0.25, 0.3) is 0 Å². The molecule has 0 aromatic carbocycles. The van der Waals surface area contributed by atoms with E-state index in [1.54, 1.807) is 0 Å². The van der Waals surface area contributed by atoms with Gasteiger partial charge in [-0.2, -0.15) is 0 Å². The molecule has 0 amide bonds. The summed E-state index contributed by atoms with van der Waals surface area (Å²) in [5, 5.41) is 11.9. The van der Waals surface area contributed by atoms with Gasteiger partial charge in [0, 0.05) is 31.5 Å². The average molecular weight is 318 g/mol. The number of hydrogen-bond acceptors (Lipinski definition) is 4. The van der Waals surface area contributed by atoms with E-state index in [-0.39, 0.29) is 12.2 Å². The maximum Gasteiger partial charge on any atom is 0.303 e. The van der Waals surface area contributed by atoms with E-state index in [9.17, 15) is 9.59 Å². The van der Waals surface area contributed by atoms with Crippen molar-refractivity contribution < 1.29 is 14.7 Å². The lowest BCUT2D eigenvalue weighted by atomic mass is 10.0. The largest absolute Gasteiger partial charge is 0.481 e. The van der Waals surface area contributed by atoms with Crippen LogP contribution < -0.4 is 5.32 Å². The Bertz CT molecular complexity index is 543. The number of unbranched alkanes of at least 4 members (excludes halogenated alkanes) is 2. The number of carbonyl (C=O) groups excluding carboxylic acids is 1. The van der Waals surface area contributed by atoms with Gasteiger partial charge in [0.1, 0.15) is 11.6 Å². The maximum atomic E-state index is 11.7. The quantitative estimate of drug-likeness (QED) is 0.647. The molecule has 126 valence electrons. The molecule has 1 aromatic rings. The van der Waals surface area contributed by atoms with E-state index >= 15 is 0 Å². The highest BCUT2D eigenvalue weighted by Gasteiger charge is 2.10. The number of aromatic nitrogens is 1. The molecule has 5 heteroatoms. The van der Waals surface area contributed by atoms with E-state index in [1.807, 2.05) is 0 Å². The number of carboxylic acid groups (broad SMARTS) is 1. The third-order valence-corrected chi connectivity index (χ3v) is 4.19. The van der Waals surface area contributed by atoms with Crippen molar-refractivity contribution >= 4 is 17.6 Å². The predicted molar refractivity (Wildman–Crippen MR) is 89.7 cm³/mol. The number of aryl methyl sites for hydroxylation is 2. The summed E-state index contributed by atoms with van der Waals surface area (Å²) in [6, 6.07) is 4.26. The Hall–Kier alpha value is -1.91. The minimum absolute atomic E-state index is 0.158. The second-order valence-electron chi connectivity index (χ2n) is 6.19. The fourth-order valence-corrected chi connectivity index (χ4v) is 2.86. The van der Waals surface area contributed by atoms with Crippen molar-refractivity contribution in [1.82, 2.24) is 4.98 Å².